The molecule has 4 rings (SSSR count). The van der Waals surface area contributed by atoms with Crippen LogP contribution in [0.5, 0.6) is 0 Å². The van der Waals surface area contributed by atoms with E-state index in [1.807, 2.05) is 25.1 Å². The molecule has 172 valence electrons. The summed E-state index contributed by atoms with van der Waals surface area (Å²) >= 11 is 0. The van der Waals surface area contributed by atoms with E-state index in [4.69, 9.17) is 5.73 Å². The zero-order chi connectivity index (χ0) is 23.7. The summed E-state index contributed by atoms with van der Waals surface area (Å²) < 4.78 is 1.07. The van der Waals surface area contributed by atoms with Crippen LogP contribution in [-0.4, -0.2) is 37.7 Å². The van der Waals surface area contributed by atoms with Crippen molar-refractivity contribution in [2.45, 2.75) is 46.5 Å². The van der Waals surface area contributed by atoms with E-state index >= 15 is 0 Å². The van der Waals surface area contributed by atoms with Crippen molar-refractivity contribution in [2.75, 3.05) is 5.32 Å². The van der Waals surface area contributed by atoms with Crippen LogP contribution >= 0.6 is 0 Å². The number of carbonyl (C=O) groups excluding carboxylic acids is 3. The number of aromatic amines is 1. The molecule has 1 saturated carbocycles. The van der Waals surface area contributed by atoms with Crippen molar-refractivity contribution in [3.05, 3.63) is 53.0 Å². The van der Waals surface area contributed by atoms with Crippen LogP contribution in [0.1, 0.15) is 53.1 Å². The number of primary amides is 1. The fraction of sp³-hybridized carbons (Fsp3) is 0.375. The van der Waals surface area contributed by atoms with E-state index in [9.17, 15) is 14.4 Å². The quantitative estimate of drug-likeness (QED) is 0.511. The predicted octanol–water partition coefficient (Wildman–Crippen LogP) is 3.75. The molecule has 33 heavy (non-hydrogen) atoms. The van der Waals surface area contributed by atoms with Gasteiger partial charge in [0.1, 0.15) is 0 Å². The average molecular weight is 449 g/mol. The number of hydrogen-bond acceptors (Lipinski definition) is 5. The number of anilines is 1. The van der Waals surface area contributed by atoms with Gasteiger partial charge in [0.25, 0.3) is 0 Å². The monoisotopic (exact) mass is 448 g/mol. The van der Waals surface area contributed by atoms with Gasteiger partial charge < -0.3 is 11.1 Å². The molecule has 0 bridgehead atoms. The maximum Gasteiger partial charge on any atom is 0.339 e. The van der Waals surface area contributed by atoms with Gasteiger partial charge in [0.05, 0.1) is 22.8 Å². The number of nitrogens with one attached hydrogen (secondary N) is 2. The molecule has 2 amide bonds. The third-order valence-electron chi connectivity index (χ3n) is 6.36. The van der Waals surface area contributed by atoms with Gasteiger partial charge >= 0.3 is 6.03 Å². The number of Topliss-reactive ketones (excluding diaryl/α,β-unsaturated/α-hetero) is 1. The highest BCUT2D eigenvalue weighted by atomic mass is 16.2. The summed E-state index contributed by atoms with van der Waals surface area (Å²) in [4.78, 5) is 38.1. The van der Waals surface area contributed by atoms with Gasteiger partial charge in [0.15, 0.2) is 5.78 Å². The first-order chi connectivity index (χ1) is 15.8. The highest BCUT2D eigenvalue weighted by Gasteiger charge is 2.36. The molecule has 2 atom stereocenters. The summed E-state index contributed by atoms with van der Waals surface area (Å²) in [5.41, 5.74) is 10.1. The van der Waals surface area contributed by atoms with E-state index in [0.29, 0.717) is 35.5 Å². The number of nitrogens with two attached hydrogens (primary N) is 1. The standard InChI is InChI=1S/C24H28N6O3/c1-13-12-20(28-27-13)16-8-10-17(11-9-16)22(31)18-6-4-5-7-19(18)23(32)26-21-14(2)29-30(15(21)3)24(25)33/h8-12,18-19H,4-7H2,1-3H3,(H2,25,33)(H,26,32)(H,27,28)/t18-,19-/m1/s1. The summed E-state index contributed by atoms with van der Waals surface area (Å²) in [6.07, 6.45) is 3.09. The topological polar surface area (TPSA) is 136 Å². The Labute approximate surface area is 191 Å². The second-order valence-electron chi connectivity index (χ2n) is 8.66. The molecular formula is C24H28N6O3. The summed E-state index contributed by atoms with van der Waals surface area (Å²) in [5, 5.41) is 14.2. The SMILES string of the molecule is Cc1cc(-c2ccc(C(=O)[C@@H]3CCCC[C@H]3C(=O)Nc3c(C)nn(C(N)=O)c3C)cc2)n[nH]1. The molecule has 0 radical (unpaired) electrons. The first kappa shape index (κ1) is 22.4. The Balaban J connectivity index is 1.53. The van der Waals surface area contributed by atoms with Gasteiger partial charge in [-0.15, -0.1) is 0 Å². The summed E-state index contributed by atoms with van der Waals surface area (Å²) in [6.45, 7) is 5.31. The molecule has 9 nitrogen and oxygen atoms in total. The zero-order valence-electron chi connectivity index (χ0n) is 19.0. The lowest BCUT2D eigenvalue weighted by atomic mass is 9.75. The van der Waals surface area contributed by atoms with Crippen molar-refractivity contribution in [1.82, 2.24) is 20.0 Å². The largest absolute Gasteiger partial charge is 0.350 e. The molecule has 2 aromatic heterocycles. The lowest BCUT2D eigenvalue weighted by Gasteiger charge is -2.29. The minimum Gasteiger partial charge on any atom is -0.350 e. The van der Waals surface area contributed by atoms with E-state index in [-0.39, 0.29) is 11.7 Å². The number of carbonyl (C=O) groups is 3. The van der Waals surface area contributed by atoms with Crippen molar-refractivity contribution in [2.24, 2.45) is 17.6 Å². The Bertz CT molecular complexity index is 1210. The van der Waals surface area contributed by atoms with Crippen LogP contribution in [0.2, 0.25) is 0 Å². The van der Waals surface area contributed by atoms with Crippen LogP contribution in [0.15, 0.2) is 30.3 Å². The number of amides is 2. The number of rotatable bonds is 5. The van der Waals surface area contributed by atoms with E-state index < -0.39 is 17.9 Å². The highest BCUT2D eigenvalue weighted by Crippen LogP contribution is 2.34. The lowest BCUT2D eigenvalue weighted by Crippen LogP contribution is -2.36. The molecule has 0 unspecified atom stereocenters. The average Bonchev–Trinajstić information content (AvgIpc) is 3.37. The van der Waals surface area contributed by atoms with Crippen LogP contribution in [0.4, 0.5) is 10.5 Å². The zero-order valence-corrected chi connectivity index (χ0v) is 19.0. The number of ketones is 1. The first-order valence-corrected chi connectivity index (χ1v) is 11.1. The number of benzene rings is 1. The van der Waals surface area contributed by atoms with E-state index in [2.05, 4.69) is 20.6 Å². The highest BCUT2D eigenvalue weighted by molar-refractivity contribution is 6.03. The molecule has 1 aliphatic carbocycles. The maximum absolute atomic E-state index is 13.4. The van der Waals surface area contributed by atoms with Crippen molar-refractivity contribution in [3.8, 4) is 11.3 Å². The van der Waals surface area contributed by atoms with Gasteiger partial charge in [-0.1, -0.05) is 37.1 Å². The molecule has 4 N–H and O–H groups in total. The minimum atomic E-state index is -0.713. The summed E-state index contributed by atoms with van der Waals surface area (Å²) in [5.74, 6) is -1.10. The van der Waals surface area contributed by atoms with Gasteiger partial charge in [-0.2, -0.15) is 14.9 Å². The Kier molecular flexibility index (Phi) is 6.13. The fourth-order valence-electron chi connectivity index (χ4n) is 4.60. The van der Waals surface area contributed by atoms with Crippen LogP contribution in [0, 0.1) is 32.6 Å². The van der Waals surface area contributed by atoms with Crippen LogP contribution in [0.25, 0.3) is 11.3 Å². The van der Waals surface area contributed by atoms with Crippen molar-refractivity contribution in [3.63, 3.8) is 0 Å². The number of aryl methyl sites for hydroxylation is 2. The van der Waals surface area contributed by atoms with E-state index in [1.54, 1.807) is 26.0 Å². The van der Waals surface area contributed by atoms with E-state index in [1.165, 1.54) is 0 Å². The molecule has 1 fully saturated rings. The number of H-pyrrole nitrogens is 1. The van der Waals surface area contributed by atoms with Crippen LogP contribution < -0.4 is 11.1 Å². The fourth-order valence-corrected chi connectivity index (χ4v) is 4.60. The van der Waals surface area contributed by atoms with Gasteiger partial charge in [0, 0.05) is 28.7 Å². The minimum absolute atomic E-state index is 0.0270. The molecule has 0 spiro atoms. The smallest absolute Gasteiger partial charge is 0.339 e. The molecule has 1 aromatic carbocycles. The molecule has 3 aromatic rings. The second-order valence-corrected chi connectivity index (χ2v) is 8.66. The first-order valence-electron chi connectivity index (χ1n) is 11.1. The second kappa shape index (κ2) is 9.01. The van der Waals surface area contributed by atoms with Gasteiger partial charge in [-0.3, -0.25) is 14.7 Å². The normalized spacial score (nSPS) is 18.2. The molecule has 2 heterocycles. The third-order valence-corrected chi connectivity index (χ3v) is 6.36. The molecular weight excluding hydrogens is 420 g/mol. The lowest BCUT2D eigenvalue weighted by molar-refractivity contribution is -0.122. The molecule has 9 heteroatoms. The third kappa shape index (κ3) is 4.44. The summed E-state index contributed by atoms with van der Waals surface area (Å²) in [7, 11) is 0. The van der Waals surface area contributed by atoms with Crippen LogP contribution in [-0.2, 0) is 4.79 Å². The number of nitrogens with zero attached hydrogens (tertiary/aromatic N) is 3. The van der Waals surface area contributed by atoms with Gasteiger partial charge in [-0.05, 0) is 39.7 Å². The van der Waals surface area contributed by atoms with Crippen molar-refractivity contribution >= 4 is 23.4 Å². The molecule has 0 saturated heterocycles. The van der Waals surface area contributed by atoms with Crippen LogP contribution in [0.3, 0.4) is 0 Å². The predicted molar refractivity (Wildman–Crippen MR) is 124 cm³/mol. The Morgan fingerprint density at radius 1 is 1.06 bits per heavy atom. The summed E-state index contributed by atoms with van der Waals surface area (Å²) in [6, 6.07) is 8.60. The van der Waals surface area contributed by atoms with Crippen molar-refractivity contribution in [1.29, 1.82) is 0 Å². The maximum atomic E-state index is 13.4. The Morgan fingerprint density at radius 3 is 2.30 bits per heavy atom. The molecule has 0 aliphatic heterocycles. The Morgan fingerprint density at radius 2 is 1.73 bits per heavy atom. The number of aromatic nitrogens is 4. The van der Waals surface area contributed by atoms with E-state index in [0.717, 1.165) is 34.5 Å². The van der Waals surface area contributed by atoms with Crippen molar-refractivity contribution < 1.29 is 14.4 Å². The number of hydrogen-bond donors (Lipinski definition) is 3. The Hall–Kier alpha value is -3.75. The van der Waals surface area contributed by atoms with Gasteiger partial charge in [0.2, 0.25) is 5.91 Å². The van der Waals surface area contributed by atoms with Gasteiger partial charge in [-0.25, -0.2) is 4.79 Å². The molecule has 1 aliphatic rings.